The van der Waals surface area contributed by atoms with Gasteiger partial charge in [-0.3, -0.25) is 0 Å². The third kappa shape index (κ3) is 2.70. The molecule has 1 atom stereocenters. The molecule has 0 spiro atoms. The zero-order valence-corrected chi connectivity index (χ0v) is 17.2. The zero-order valence-electron chi connectivity index (χ0n) is 16.3. The summed E-state index contributed by atoms with van der Waals surface area (Å²) < 4.78 is 0. The van der Waals surface area contributed by atoms with Crippen molar-refractivity contribution in [3.05, 3.63) is 81.8 Å². The van der Waals surface area contributed by atoms with Crippen molar-refractivity contribution in [2.45, 2.75) is 33.6 Å². The molecule has 0 saturated carbocycles. The fraction of sp³-hybridized carbons (Fsp3) is 0.269. The van der Waals surface area contributed by atoms with Crippen molar-refractivity contribution >= 4 is 36.2 Å². The van der Waals surface area contributed by atoms with E-state index in [0.717, 1.165) is 12.8 Å². The molecule has 2 aliphatic carbocycles. The van der Waals surface area contributed by atoms with Gasteiger partial charge in [0, 0.05) is 0 Å². The van der Waals surface area contributed by atoms with Gasteiger partial charge < -0.3 is 0 Å². The van der Waals surface area contributed by atoms with Crippen molar-refractivity contribution in [1.82, 2.24) is 0 Å². The van der Waals surface area contributed by atoms with Crippen molar-refractivity contribution < 1.29 is 0 Å². The maximum atomic E-state index is 2.48. The van der Waals surface area contributed by atoms with Gasteiger partial charge in [0.25, 0.3) is 0 Å². The summed E-state index contributed by atoms with van der Waals surface area (Å²) in [4.78, 5) is 0. The summed E-state index contributed by atoms with van der Waals surface area (Å²) >= 11 is 0. The van der Waals surface area contributed by atoms with E-state index in [1.54, 1.807) is 5.57 Å². The van der Waals surface area contributed by atoms with Crippen LogP contribution in [-0.4, -0.2) is 5.80 Å². The van der Waals surface area contributed by atoms with E-state index in [2.05, 4.69) is 87.0 Å². The highest BCUT2D eigenvalue weighted by atomic mass is 31.1. The van der Waals surface area contributed by atoms with Crippen LogP contribution in [0.5, 0.6) is 0 Å². The van der Waals surface area contributed by atoms with Gasteiger partial charge in [0.2, 0.25) is 0 Å². The molecule has 134 valence electrons. The summed E-state index contributed by atoms with van der Waals surface area (Å²) in [6.45, 7) is 7.17. The number of benzene rings is 2. The highest BCUT2D eigenvalue weighted by Crippen LogP contribution is 2.45. The Hall–Kier alpha value is -2.17. The Morgan fingerprint density at radius 2 is 1.89 bits per heavy atom. The molecule has 0 bridgehead atoms. The molecule has 1 aliphatic heterocycles. The molecule has 3 aliphatic rings. The summed E-state index contributed by atoms with van der Waals surface area (Å²) in [7, 11) is 1.28. The summed E-state index contributed by atoms with van der Waals surface area (Å²) in [6, 6.07) is 13.4. The Kier molecular flexibility index (Phi) is 3.88. The third-order valence-electron chi connectivity index (χ3n) is 6.21. The van der Waals surface area contributed by atoms with E-state index in [0.29, 0.717) is 5.92 Å². The normalized spacial score (nSPS) is 21.8. The van der Waals surface area contributed by atoms with E-state index in [-0.39, 0.29) is 5.41 Å². The van der Waals surface area contributed by atoms with Crippen molar-refractivity contribution in [3.8, 4) is 0 Å². The van der Waals surface area contributed by atoms with Gasteiger partial charge in [-0.25, -0.2) is 0 Å². The molecule has 0 fully saturated rings. The highest BCUT2D eigenvalue weighted by Gasteiger charge is 2.33. The molecule has 0 radical (unpaired) electrons. The minimum absolute atomic E-state index is 0.289. The van der Waals surface area contributed by atoms with Crippen molar-refractivity contribution in [2.75, 3.05) is 0 Å². The third-order valence-corrected chi connectivity index (χ3v) is 7.06. The Labute approximate surface area is 163 Å². The number of hydrogen-bond acceptors (Lipinski definition) is 0. The van der Waals surface area contributed by atoms with E-state index >= 15 is 0 Å². The first kappa shape index (κ1) is 17.0. The lowest BCUT2D eigenvalue weighted by Crippen LogP contribution is -2.31. The second kappa shape index (κ2) is 6.18. The molecule has 0 nitrogen and oxygen atoms in total. The molecule has 1 heteroatoms. The van der Waals surface area contributed by atoms with Gasteiger partial charge in [-0.2, -0.15) is 0 Å². The van der Waals surface area contributed by atoms with Crippen LogP contribution in [0.1, 0.15) is 33.6 Å². The number of allylic oxidation sites excluding steroid dienone is 6. The fourth-order valence-corrected chi connectivity index (χ4v) is 5.72. The molecular formula is C26H25P. The van der Waals surface area contributed by atoms with Gasteiger partial charge in [0.05, 0.1) is 0 Å². The van der Waals surface area contributed by atoms with Crippen LogP contribution in [0.3, 0.4) is 0 Å². The quantitative estimate of drug-likeness (QED) is 0.520. The lowest BCUT2D eigenvalue weighted by atomic mass is 9.67. The van der Waals surface area contributed by atoms with Crippen molar-refractivity contribution in [2.24, 2.45) is 11.3 Å². The topological polar surface area (TPSA) is 0 Å². The van der Waals surface area contributed by atoms with Crippen LogP contribution in [0, 0.1) is 11.3 Å². The first-order chi connectivity index (χ1) is 13.0. The second-order valence-corrected chi connectivity index (χ2v) is 9.71. The fourth-order valence-electron chi connectivity index (χ4n) is 4.88. The molecular weight excluding hydrogens is 343 g/mol. The van der Waals surface area contributed by atoms with Gasteiger partial charge in [-0.1, -0.05) is 89.2 Å². The molecule has 27 heavy (non-hydrogen) atoms. The van der Waals surface area contributed by atoms with Crippen LogP contribution in [0.15, 0.2) is 71.3 Å². The van der Waals surface area contributed by atoms with Crippen molar-refractivity contribution in [3.63, 3.8) is 0 Å². The molecule has 0 saturated heterocycles. The average Bonchev–Trinajstić information content (AvgIpc) is 2.86. The first-order valence-corrected chi connectivity index (χ1v) is 10.9. The van der Waals surface area contributed by atoms with E-state index in [4.69, 9.17) is 0 Å². The molecule has 2 aromatic rings. The van der Waals surface area contributed by atoms with Crippen LogP contribution >= 0.6 is 8.20 Å². The lowest BCUT2D eigenvalue weighted by molar-refractivity contribution is 0.275. The average molecular weight is 368 g/mol. The van der Waals surface area contributed by atoms with E-state index in [1.165, 1.54) is 46.1 Å². The van der Waals surface area contributed by atoms with Crippen LogP contribution in [0.4, 0.5) is 0 Å². The molecule has 0 unspecified atom stereocenters. The monoisotopic (exact) mass is 368 g/mol. The van der Waals surface area contributed by atoms with E-state index in [1.807, 2.05) is 0 Å². The summed E-state index contributed by atoms with van der Waals surface area (Å²) in [5.74, 6) is 5.37. The predicted octanol–water partition coefficient (Wildman–Crippen LogP) is 5.74. The minimum atomic E-state index is 0.289. The van der Waals surface area contributed by atoms with E-state index in [9.17, 15) is 0 Å². The van der Waals surface area contributed by atoms with Gasteiger partial charge in [0.15, 0.2) is 0 Å². The molecule has 0 amide bonds. The van der Waals surface area contributed by atoms with Gasteiger partial charge in [-0.15, -0.1) is 0 Å². The Bertz CT molecular complexity index is 1190. The van der Waals surface area contributed by atoms with Crippen LogP contribution < -0.4 is 10.4 Å². The number of fused-ring (bicyclic) bond motifs is 5. The Morgan fingerprint density at radius 3 is 2.74 bits per heavy atom. The van der Waals surface area contributed by atoms with Gasteiger partial charge >= 0.3 is 0 Å². The van der Waals surface area contributed by atoms with E-state index < -0.39 is 0 Å². The largest absolute Gasteiger partial charge is 0.0833 e. The maximum absolute atomic E-state index is 2.48. The van der Waals surface area contributed by atoms with Gasteiger partial charge in [-0.05, 0) is 73.7 Å². The minimum Gasteiger partial charge on any atom is -0.0833 e. The standard InChI is InChI=1S/C26H25P/c1-26(2,3)23-10-6-9-22-21(23)14-13-19-16-27-15-18-12-11-17-7-4-5-8-20(17)24(18)25(19)22/h4-9,11-13,15-16,23H,10,14H2,1-3H3/t23-/m0/s1. The molecule has 0 N–H and O–H groups in total. The van der Waals surface area contributed by atoms with Crippen LogP contribution in [0.25, 0.3) is 22.2 Å². The highest BCUT2D eigenvalue weighted by molar-refractivity contribution is 7.48. The summed E-state index contributed by atoms with van der Waals surface area (Å²) in [6.07, 6.45) is 9.54. The smallest absolute Gasteiger partial charge is 0.00173 e. The Balaban J connectivity index is 1.94. The summed E-state index contributed by atoms with van der Waals surface area (Å²) in [5.41, 5.74) is 6.28. The van der Waals surface area contributed by atoms with Crippen LogP contribution in [0.2, 0.25) is 0 Å². The van der Waals surface area contributed by atoms with Gasteiger partial charge in [0.1, 0.15) is 0 Å². The predicted molar refractivity (Wildman–Crippen MR) is 120 cm³/mol. The first-order valence-electron chi connectivity index (χ1n) is 9.90. The summed E-state index contributed by atoms with van der Waals surface area (Å²) in [5, 5.41) is 5.49. The number of hydrogen-bond donors (Lipinski definition) is 0. The maximum Gasteiger partial charge on any atom is -0.00173 e. The molecule has 5 rings (SSSR count). The zero-order chi connectivity index (χ0) is 18.6. The van der Waals surface area contributed by atoms with Crippen LogP contribution in [-0.2, 0) is 0 Å². The number of rotatable bonds is 0. The Morgan fingerprint density at radius 1 is 1.04 bits per heavy atom. The van der Waals surface area contributed by atoms with Crippen molar-refractivity contribution in [1.29, 1.82) is 0 Å². The molecule has 2 aromatic carbocycles. The molecule has 1 heterocycles. The molecule has 0 aromatic heterocycles. The second-order valence-electron chi connectivity index (χ2n) is 8.89. The lowest BCUT2D eigenvalue weighted by Gasteiger charge is -2.37. The SMILES string of the molecule is CC(C)(C)[C@H]1CC=CC2=C1CC=C1C=PC=c3ccc4ccccc4c3=C12.